The number of hydrogen-bond acceptors (Lipinski definition) is 1. The molecule has 0 saturated heterocycles. The average Bonchev–Trinajstić information content (AvgIpc) is 2.75. The SMILES string of the molecule is CCCCCCC[CH2][Sn]([CH2]CCCCCCC)([CH2]CCCCCCC)[S]CCCC. The first-order chi connectivity index (χ1) is 14.7. The summed E-state index contributed by atoms with van der Waals surface area (Å²) in [6.45, 7) is 9.40. The van der Waals surface area contributed by atoms with Crippen molar-refractivity contribution in [3.05, 3.63) is 0 Å². The van der Waals surface area contributed by atoms with Gasteiger partial charge in [0.05, 0.1) is 0 Å². The van der Waals surface area contributed by atoms with Gasteiger partial charge in [0.2, 0.25) is 0 Å². The van der Waals surface area contributed by atoms with Gasteiger partial charge in [-0.25, -0.2) is 0 Å². The first kappa shape index (κ1) is 31.1. The van der Waals surface area contributed by atoms with Crippen molar-refractivity contribution in [2.45, 2.75) is 169 Å². The molecule has 0 spiro atoms. The predicted molar refractivity (Wildman–Crippen MR) is 148 cm³/mol. The molecular weight excluding hydrogens is 487 g/mol. The van der Waals surface area contributed by atoms with E-state index in [0.29, 0.717) is 0 Å². The number of hydrogen-bond donors (Lipinski definition) is 0. The Morgan fingerprint density at radius 2 is 0.667 bits per heavy atom. The van der Waals surface area contributed by atoms with Crippen molar-refractivity contribution in [1.29, 1.82) is 0 Å². The summed E-state index contributed by atoms with van der Waals surface area (Å²) in [6.07, 6.45) is 29.6. The van der Waals surface area contributed by atoms with Crippen molar-refractivity contribution >= 4 is 25.9 Å². The van der Waals surface area contributed by atoms with Crippen molar-refractivity contribution in [2.24, 2.45) is 0 Å². The van der Waals surface area contributed by atoms with Gasteiger partial charge in [-0.3, -0.25) is 0 Å². The van der Waals surface area contributed by atoms with E-state index in [0.717, 1.165) is 0 Å². The van der Waals surface area contributed by atoms with Gasteiger partial charge < -0.3 is 0 Å². The van der Waals surface area contributed by atoms with E-state index in [9.17, 15) is 0 Å². The Morgan fingerprint density at radius 3 is 1.00 bits per heavy atom. The molecule has 0 heterocycles. The second-order valence-corrected chi connectivity index (χ2v) is 30.0. The predicted octanol–water partition coefficient (Wildman–Crippen LogP) is 11.5. The molecule has 0 radical (unpaired) electrons. The van der Waals surface area contributed by atoms with Crippen molar-refractivity contribution in [2.75, 3.05) is 5.75 Å². The van der Waals surface area contributed by atoms with E-state index in [2.05, 4.69) is 36.6 Å². The van der Waals surface area contributed by atoms with Gasteiger partial charge in [-0.05, 0) is 0 Å². The molecule has 0 atom stereocenters. The monoisotopic (exact) mass is 548 g/mol. The Balaban J connectivity index is 4.61. The fourth-order valence-electron chi connectivity index (χ4n) is 4.71. The van der Waals surface area contributed by atoms with E-state index < -0.39 is 17.0 Å². The molecule has 0 aromatic heterocycles. The molecule has 0 aromatic rings. The van der Waals surface area contributed by atoms with Crippen LogP contribution in [0.3, 0.4) is 0 Å². The molecule has 0 aliphatic heterocycles. The van der Waals surface area contributed by atoms with Gasteiger partial charge in [0.15, 0.2) is 0 Å². The van der Waals surface area contributed by atoms with Gasteiger partial charge in [-0.2, -0.15) is 0 Å². The van der Waals surface area contributed by atoms with Crippen LogP contribution >= 0.6 is 8.95 Å². The number of unbranched alkanes of at least 4 members (excludes halogenated alkanes) is 16. The third-order valence-electron chi connectivity index (χ3n) is 6.86. The standard InChI is InChI=1S/3C8H17.C4H10S.Sn/c3*1-3-5-7-8-6-4-2;1-2-3-4-5;/h3*1,3-8H2,2H3;5H,2-4H2,1H3;/q;;;;+1/p-1. The van der Waals surface area contributed by atoms with Gasteiger partial charge in [0.25, 0.3) is 0 Å². The van der Waals surface area contributed by atoms with Crippen LogP contribution in [-0.2, 0) is 0 Å². The molecule has 2 heteroatoms. The molecule has 0 unspecified atom stereocenters. The summed E-state index contributed by atoms with van der Waals surface area (Å²) >= 11 is -2.01. The van der Waals surface area contributed by atoms with Crippen LogP contribution in [0.1, 0.15) is 156 Å². The molecule has 30 heavy (non-hydrogen) atoms. The van der Waals surface area contributed by atoms with Gasteiger partial charge in [-0.15, -0.1) is 0 Å². The first-order valence-corrected chi connectivity index (χ1v) is 24.9. The fraction of sp³-hybridized carbons (Fsp3) is 1.00. The zero-order valence-corrected chi connectivity index (χ0v) is 25.5. The van der Waals surface area contributed by atoms with Gasteiger partial charge in [0.1, 0.15) is 0 Å². The van der Waals surface area contributed by atoms with Gasteiger partial charge in [0, 0.05) is 0 Å². The number of rotatable bonds is 25. The van der Waals surface area contributed by atoms with Gasteiger partial charge >= 0.3 is 201 Å². The van der Waals surface area contributed by atoms with Crippen LogP contribution in [0.25, 0.3) is 0 Å². The third-order valence-corrected chi connectivity index (χ3v) is 29.9. The molecule has 0 rings (SSSR count). The first-order valence-electron chi connectivity index (χ1n) is 14.4. The minimum atomic E-state index is -2.01. The molecule has 0 bridgehead atoms. The van der Waals surface area contributed by atoms with Crippen LogP contribution in [0.15, 0.2) is 0 Å². The van der Waals surface area contributed by atoms with Gasteiger partial charge in [-0.1, -0.05) is 0 Å². The molecule has 0 fully saturated rings. The Labute approximate surface area is 200 Å². The van der Waals surface area contributed by atoms with Crippen LogP contribution in [0.2, 0.25) is 13.3 Å². The van der Waals surface area contributed by atoms with Crippen LogP contribution in [0.5, 0.6) is 0 Å². The third kappa shape index (κ3) is 19.8. The van der Waals surface area contributed by atoms with Crippen LogP contribution in [0, 0.1) is 0 Å². The van der Waals surface area contributed by atoms with E-state index in [-0.39, 0.29) is 0 Å². The molecule has 0 saturated carbocycles. The average molecular weight is 548 g/mol. The quantitative estimate of drug-likeness (QED) is 0.0809. The summed E-state index contributed by atoms with van der Waals surface area (Å²) in [4.78, 5) is 0. The van der Waals surface area contributed by atoms with Crippen molar-refractivity contribution in [3.63, 3.8) is 0 Å². The zero-order chi connectivity index (χ0) is 22.2. The zero-order valence-electron chi connectivity index (χ0n) is 21.9. The summed E-state index contributed by atoms with van der Waals surface area (Å²) in [7, 11) is 2.61. The molecule has 0 nitrogen and oxygen atoms in total. The fourth-order valence-corrected chi connectivity index (χ4v) is 27.4. The van der Waals surface area contributed by atoms with Crippen LogP contribution < -0.4 is 0 Å². The molecule has 0 aliphatic rings. The van der Waals surface area contributed by atoms with E-state index >= 15 is 0 Å². The summed E-state index contributed by atoms with van der Waals surface area (Å²) in [6, 6.07) is 0. The Morgan fingerprint density at radius 1 is 0.367 bits per heavy atom. The van der Waals surface area contributed by atoms with Crippen molar-refractivity contribution in [3.8, 4) is 0 Å². The molecular formula is C28H60SSn. The molecule has 0 aliphatic carbocycles. The van der Waals surface area contributed by atoms with Crippen LogP contribution in [-0.4, -0.2) is 22.7 Å². The molecule has 182 valence electrons. The summed E-state index contributed by atoms with van der Waals surface area (Å²) in [5.74, 6) is 1.49. The minimum absolute atomic E-state index is 1.38. The second kappa shape index (κ2) is 24.8. The summed E-state index contributed by atoms with van der Waals surface area (Å²) < 4.78 is 5.12. The Bertz CT molecular complexity index is 277. The van der Waals surface area contributed by atoms with E-state index in [1.807, 2.05) is 0 Å². The van der Waals surface area contributed by atoms with E-state index in [4.69, 9.17) is 0 Å². The van der Waals surface area contributed by atoms with Crippen molar-refractivity contribution < 1.29 is 0 Å². The summed E-state index contributed by atoms with van der Waals surface area (Å²) in [5, 5.41) is 0. The van der Waals surface area contributed by atoms with E-state index in [1.54, 1.807) is 32.6 Å². The molecule has 0 aromatic carbocycles. The normalized spacial score (nSPS) is 12.0. The van der Waals surface area contributed by atoms with Crippen molar-refractivity contribution in [1.82, 2.24) is 0 Å². The summed E-state index contributed by atoms with van der Waals surface area (Å²) in [5.41, 5.74) is 0. The van der Waals surface area contributed by atoms with Crippen LogP contribution in [0.4, 0.5) is 0 Å². The van der Waals surface area contributed by atoms with E-state index in [1.165, 1.54) is 115 Å². The second-order valence-electron chi connectivity index (χ2n) is 9.94. The molecule has 0 amide bonds. The maximum absolute atomic E-state index is 2.61. The Hall–Kier alpha value is 1.15. The topological polar surface area (TPSA) is 0 Å². The molecule has 0 N–H and O–H groups in total. The Kier molecular flexibility index (Phi) is 25.7. The maximum atomic E-state index is 2.61.